The van der Waals surface area contributed by atoms with Crippen LogP contribution in [0, 0.1) is 5.41 Å². The molecule has 1 heterocycles. The van der Waals surface area contributed by atoms with E-state index in [0.29, 0.717) is 10.6 Å². The number of halogens is 1. The molecule has 0 radical (unpaired) electrons. The second-order valence-corrected chi connectivity index (χ2v) is 8.89. The first-order valence-corrected chi connectivity index (χ1v) is 10.8. The lowest BCUT2D eigenvalue weighted by Crippen LogP contribution is -2.43. The van der Waals surface area contributed by atoms with Gasteiger partial charge in [0.25, 0.3) is 0 Å². The van der Waals surface area contributed by atoms with Crippen LogP contribution in [0.3, 0.4) is 0 Å². The zero-order valence-corrected chi connectivity index (χ0v) is 18.8. The maximum atomic E-state index is 12.9. The molecular weight excluding hydrogens is 416 g/mol. The molecule has 0 N–H and O–H groups in total. The molecule has 0 bridgehead atoms. The average molecular weight is 443 g/mol. The van der Waals surface area contributed by atoms with Gasteiger partial charge in [0.05, 0.1) is 17.4 Å². The number of cyclic esters (lactones) is 1. The molecule has 0 saturated carbocycles. The van der Waals surface area contributed by atoms with Crippen molar-refractivity contribution in [3.05, 3.63) is 70.3 Å². The van der Waals surface area contributed by atoms with Crippen LogP contribution in [-0.2, 0) is 19.1 Å². The normalized spacial score (nSPS) is 25.5. The van der Waals surface area contributed by atoms with E-state index in [1.165, 1.54) is 17.7 Å². The first-order chi connectivity index (χ1) is 14.7. The van der Waals surface area contributed by atoms with Crippen LogP contribution in [0.25, 0.3) is 0 Å². The third kappa shape index (κ3) is 5.53. The molecule has 164 valence electrons. The van der Waals surface area contributed by atoms with Gasteiger partial charge < -0.3 is 9.47 Å². The Labute approximate surface area is 187 Å². The van der Waals surface area contributed by atoms with Crippen LogP contribution in [0.1, 0.15) is 56.8 Å². The molecule has 1 saturated heterocycles. The summed E-state index contributed by atoms with van der Waals surface area (Å²) in [6, 6.07) is 6.49. The molecule has 2 aliphatic rings. The molecular formula is C25H27ClO5. The van der Waals surface area contributed by atoms with Crippen molar-refractivity contribution in [3.8, 4) is 0 Å². The SMILES string of the molecule is CC(C)=CCC/C(C)=C/[C@H]1OC(=O)CC12C[C@H](OC(=O)c1cccc(Cl)c1)C=CC2=O. The Bertz CT molecular complexity index is 970. The minimum absolute atomic E-state index is 0.0240. The highest BCUT2D eigenvalue weighted by molar-refractivity contribution is 6.30. The molecule has 0 amide bonds. The van der Waals surface area contributed by atoms with E-state index in [-0.39, 0.29) is 18.6 Å². The summed E-state index contributed by atoms with van der Waals surface area (Å²) in [6.45, 7) is 6.06. The van der Waals surface area contributed by atoms with Crippen molar-refractivity contribution in [2.24, 2.45) is 5.41 Å². The van der Waals surface area contributed by atoms with Crippen molar-refractivity contribution in [3.63, 3.8) is 0 Å². The first kappa shape index (κ1) is 23.0. The van der Waals surface area contributed by atoms with Crippen LogP contribution in [0.5, 0.6) is 0 Å². The fourth-order valence-electron chi connectivity index (χ4n) is 3.98. The van der Waals surface area contributed by atoms with Gasteiger partial charge >= 0.3 is 11.9 Å². The fraction of sp³-hybridized carbons (Fsp3) is 0.400. The van der Waals surface area contributed by atoms with Gasteiger partial charge in [-0.3, -0.25) is 9.59 Å². The maximum Gasteiger partial charge on any atom is 0.338 e. The van der Waals surface area contributed by atoms with Crippen LogP contribution < -0.4 is 0 Å². The summed E-state index contributed by atoms with van der Waals surface area (Å²) >= 11 is 5.96. The molecule has 1 unspecified atom stereocenters. The van der Waals surface area contributed by atoms with Crippen molar-refractivity contribution in [2.75, 3.05) is 0 Å². The molecule has 1 aromatic carbocycles. The first-order valence-electron chi connectivity index (χ1n) is 10.4. The number of rotatable bonds is 6. The van der Waals surface area contributed by atoms with Gasteiger partial charge in [-0.25, -0.2) is 4.79 Å². The highest BCUT2D eigenvalue weighted by Gasteiger charge is 2.55. The summed E-state index contributed by atoms with van der Waals surface area (Å²) in [4.78, 5) is 37.6. The average Bonchev–Trinajstić information content (AvgIpc) is 2.99. The second kappa shape index (κ2) is 9.65. The topological polar surface area (TPSA) is 69.7 Å². The standard InChI is InChI=1S/C25H27ClO5/c1-16(2)6-4-7-17(3)12-22-25(15-23(28)31-22)14-20(10-11-21(25)27)30-24(29)18-8-5-9-19(26)13-18/h5-6,8-13,20,22H,4,7,14-15H2,1-3H3/b17-12+/t20-,22-,25?/m1/s1. The fourth-order valence-corrected chi connectivity index (χ4v) is 4.17. The monoisotopic (exact) mass is 442 g/mol. The van der Waals surface area contributed by atoms with Gasteiger partial charge in [0, 0.05) is 11.4 Å². The van der Waals surface area contributed by atoms with E-state index in [1.54, 1.807) is 24.3 Å². The third-order valence-electron chi connectivity index (χ3n) is 5.63. The van der Waals surface area contributed by atoms with Crippen molar-refractivity contribution in [1.29, 1.82) is 0 Å². The molecule has 31 heavy (non-hydrogen) atoms. The lowest BCUT2D eigenvalue weighted by molar-refractivity contribution is -0.140. The number of hydrogen-bond donors (Lipinski definition) is 0. The molecule has 1 aliphatic carbocycles. The molecule has 5 nitrogen and oxygen atoms in total. The van der Waals surface area contributed by atoms with E-state index in [0.717, 1.165) is 18.4 Å². The summed E-state index contributed by atoms with van der Waals surface area (Å²) in [5.41, 5.74) is 1.57. The zero-order chi connectivity index (χ0) is 22.6. The highest BCUT2D eigenvalue weighted by atomic mass is 35.5. The van der Waals surface area contributed by atoms with Gasteiger partial charge in [-0.1, -0.05) is 34.9 Å². The number of ether oxygens (including phenoxy) is 2. The molecule has 1 fully saturated rings. The van der Waals surface area contributed by atoms with Crippen LogP contribution in [0.15, 0.2) is 59.7 Å². The lowest BCUT2D eigenvalue weighted by Gasteiger charge is -2.34. The number of esters is 2. The second-order valence-electron chi connectivity index (χ2n) is 8.46. The zero-order valence-electron chi connectivity index (χ0n) is 18.0. The third-order valence-corrected chi connectivity index (χ3v) is 5.86. The van der Waals surface area contributed by atoms with Crippen molar-refractivity contribution < 1.29 is 23.9 Å². The van der Waals surface area contributed by atoms with Gasteiger partial charge in [0.1, 0.15) is 12.2 Å². The Kier molecular flexibility index (Phi) is 7.16. The molecule has 0 aromatic heterocycles. The minimum Gasteiger partial charge on any atom is -0.457 e. The highest BCUT2D eigenvalue weighted by Crippen LogP contribution is 2.45. The largest absolute Gasteiger partial charge is 0.457 e. The Morgan fingerprint density at radius 2 is 2.06 bits per heavy atom. The molecule has 1 aromatic rings. The number of carbonyl (C=O) groups excluding carboxylic acids is 3. The summed E-state index contributed by atoms with van der Waals surface area (Å²) in [5, 5.41) is 0.434. The number of ketones is 1. The number of allylic oxidation sites excluding steroid dienone is 4. The predicted molar refractivity (Wildman–Crippen MR) is 119 cm³/mol. The summed E-state index contributed by atoms with van der Waals surface area (Å²) in [6.07, 6.45) is 7.55. The van der Waals surface area contributed by atoms with Crippen LogP contribution in [0.2, 0.25) is 5.02 Å². The number of benzene rings is 1. The Morgan fingerprint density at radius 1 is 1.29 bits per heavy atom. The van der Waals surface area contributed by atoms with E-state index < -0.39 is 29.6 Å². The maximum absolute atomic E-state index is 12.9. The molecule has 1 aliphatic heterocycles. The lowest BCUT2D eigenvalue weighted by atomic mass is 9.69. The van der Waals surface area contributed by atoms with Gasteiger partial charge in [0.15, 0.2) is 5.78 Å². The predicted octanol–water partition coefficient (Wildman–Crippen LogP) is 5.39. The molecule has 3 atom stereocenters. The Morgan fingerprint density at radius 3 is 2.77 bits per heavy atom. The van der Waals surface area contributed by atoms with Gasteiger partial charge in [-0.15, -0.1) is 0 Å². The van der Waals surface area contributed by atoms with E-state index >= 15 is 0 Å². The van der Waals surface area contributed by atoms with Crippen LogP contribution in [-0.4, -0.2) is 29.9 Å². The molecule has 3 rings (SSSR count). The summed E-state index contributed by atoms with van der Waals surface area (Å²) < 4.78 is 11.1. The quantitative estimate of drug-likeness (QED) is 0.436. The molecule has 1 spiro atoms. The minimum atomic E-state index is -1.05. The van der Waals surface area contributed by atoms with Crippen molar-refractivity contribution in [1.82, 2.24) is 0 Å². The van der Waals surface area contributed by atoms with E-state index in [9.17, 15) is 14.4 Å². The van der Waals surface area contributed by atoms with Crippen LogP contribution >= 0.6 is 11.6 Å². The van der Waals surface area contributed by atoms with E-state index in [4.69, 9.17) is 21.1 Å². The smallest absolute Gasteiger partial charge is 0.338 e. The Hall–Kier alpha value is -2.66. The van der Waals surface area contributed by atoms with E-state index in [2.05, 4.69) is 6.08 Å². The summed E-state index contributed by atoms with van der Waals surface area (Å²) in [7, 11) is 0. The number of carbonyl (C=O) groups is 3. The number of hydrogen-bond acceptors (Lipinski definition) is 5. The Balaban J connectivity index is 1.77. The van der Waals surface area contributed by atoms with Crippen molar-refractivity contribution in [2.45, 2.75) is 58.7 Å². The van der Waals surface area contributed by atoms with Gasteiger partial charge in [-0.05, 0) is 70.0 Å². The molecule has 6 heteroatoms. The van der Waals surface area contributed by atoms with Gasteiger partial charge in [-0.2, -0.15) is 0 Å². The van der Waals surface area contributed by atoms with Crippen LogP contribution in [0.4, 0.5) is 0 Å². The van der Waals surface area contributed by atoms with Gasteiger partial charge in [0.2, 0.25) is 0 Å². The van der Waals surface area contributed by atoms with Crippen molar-refractivity contribution >= 4 is 29.3 Å². The van der Waals surface area contributed by atoms with E-state index in [1.807, 2.05) is 26.8 Å². The summed E-state index contributed by atoms with van der Waals surface area (Å²) in [5.74, 6) is -1.12.